The zero-order chi connectivity index (χ0) is 19.4. The van der Waals surface area contributed by atoms with Gasteiger partial charge in [0, 0.05) is 27.7 Å². The highest BCUT2D eigenvalue weighted by Gasteiger charge is 2.26. The van der Waals surface area contributed by atoms with Crippen LogP contribution in [0.4, 0.5) is 5.69 Å². The number of benzodiazepines with no additional fused rings is 1. The maximum absolute atomic E-state index is 12.7. The van der Waals surface area contributed by atoms with Gasteiger partial charge in [-0.15, -0.1) is 0 Å². The molecule has 0 radical (unpaired) electrons. The summed E-state index contributed by atoms with van der Waals surface area (Å²) < 4.78 is 5.20. The predicted octanol–water partition coefficient (Wildman–Crippen LogP) is 2.68. The highest BCUT2D eigenvalue weighted by molar-refractivity contribution is 6.37. The van der Waals surface area contributed by atoms with E-state index >= 15 is 0 Å². The Hall–Kier alpha value is -2.41. The number of ether oxygens (including phenoxy) is 1. The number of anilines is 1. The Bertz CT molecular complexity index is 915. The van der Waals surface area contributed by atoms with Crippen LogP contribution in [0.5, 0.6) is 0 Å². The van der Waals surface area contributed by atoms with Crippen LogP contribution in [0.3, 0.4) is 0 Å². The molecule has 0 unspecified atom stereocenters. The topological polar surface area (TPSA) is 85.0 Å². The van der Waals surface area contributed by atoms with Crippen molar-refractivity contribution in [3.63, 3.8) is 0 Å². The number of rotatable bonds is 6. The largest absolute Gasteiger partial charge is 0.370 e. The minimum atomic E-state index is -0.561. The number of hydrogen-bond donors (Lipinski definition) is 1. The van der Waals surface area contributed by atoms with Crippen LogP contribution >= 0.6 is 23.2 Å². The zero-order valence-electron chi connectivity index (χ0n) is 14.3. The van der Waals surface area contributed by atoms with Gasteiger partial charge in [0.2, 0.25) is 11.8 Å². The van der Waals surface area contributed by atoms with Crippen molar-refractivity contribution in [3.05, 3.63) is 63.6 Å². The molecule has 0 fully saturated rings. The van der Waals surface area contributed by atoms with Crippen molar-refractivity contribution >= 4 is 46.4 Å². The third kappa shape index (κ3) is 4.47. The molecule has 8 heteroatoms. The lowest BCUT2D eigenvalue weighted by Gasteiger charge is -2.23. The van der Waals surface area contributed by atoms with E-state index in [2.05, 4.69) is 4.99 Å². The van der Waals surface area contributed by atoms with Gasteiger partial charge in [-0.25, -0.2) is 0 Å². The number of primary amides is 1. The minimum absolute atomic E-state index is 0.0390. The molecule has 6 nitrogen and oxygen atoms in total. The van der Waals surface area contributed by atoms with Crippen LogP contribution in [-0.4, -0.2) is 43.8 Å². The van der Waals surface area contributed by atoms with Crippen molar-refractivity contribution in [3.8, 4) is 0 Å². The summed E-state index contributed by atoms with van der Waals surface area (Å²) in [6.45, 7) is 0.184. The smallest absolute Gasteiger partial charge is 0.248 e. The molecule has 140 valence electrons. The molecular weight excluding hydrogens is 389 g/mol. The lowest BCUT2D eigenvalue weighted by molar-refractivity contribution is -0.122. The van der Waals surface area contributed by atoms with Gasteiger partial charge < -0.3 is 15.4 Å². The summed E-state index contributed by atoms with van der Waals surface area (Å²) in [5.74, 6) is -0.753. The van der Waals surface area contributed by atoms with Gasteiger partial charge >= 0.3 is 0 Å². The van der Waals surface area contributed by atoms with E-state index in [1.54, 1.807) is 29.2 Å². The number of amides is 2. The van der Waals surface area contributed by atoms with Crippen LogP contribution in [0.15, 0.2) is 47.5 Å². The number of benzene rings is 2. The fraction of sp³-hybridized carbons (Fsp3) is 0.211. The van der Waals surface area contributed by atoms with Gasteiger partial charge in [-0.1, -0.05) is 41.4 Å². The number of nitrogens with zero attached hydrogens (tertiary/aromatic N) is 2. The third-order valence-electron chi connectivity index (χ3n) is 4.01. The fourth-order valence-corrected chi connectivity index (χ4v) is 3.24. The summed E-state index contributed by atoms with van der Waals surface area (Å²) in [7, 11) is 0. The Kier molecular flexibility index (Phi) is 6.11. The maximum Gasteiger partial charge on any atom is 0.248 e. The summed E-state index contributed by atoms with van der Waals surface area (Å²) >= 11 is 12.5. The molecule has 0 aromatic heterocycles. The van der Waals surface area contributed by atoms with Crippen LogP contribution in [-0.2, 0) is 14.3 Å². The first-order valence-electron chi connectivity index (χ1n) is 8.23. The lowest BCUT2D eigenvalue weighted by Crippen LogP contribution is -2.36. The highest BCUT2D eigenvalue weighted by Crippen LogP contribution is 2.31. The molecule has 0 bridgehead atoms. The molecule has 3 rings (SSSR count). The number of carbonyl (C=O) groups excluding carboxylic acids is 2. The Balaban J connectivity index is 1.98. The molecule has 1 aliphatic rings. The second-order valence-electron chi connectivity index (χ2n) is 5.87. The molecule has 2 aromatic carbocycles. The lowest BCUT2D eigenvalue weighted by atomic mass is 10.00. The quantitative estimate of drug-likeness (QED) is 0.749. The van der Waals surface area contributed by atoms with Crippen molar-refractivity contribution in [2.45, 2.75) is 0 Å². The zero-order valence-corrected chi connectivity index (χ0v) is 15.8. The summed E-state index contributed by atoms with van der Waals surface area (Å²) in [5.41, 5.74) is 7.75. The average molecular weight is 406 g/mol. The first-order valence-corrected chi connectivity index (χ1v) is 8.98. The Morgan fingerprint density at radius 3 is 2.70 bits per heavy atom. The molecule has 2 aromatic rings. The molecule has 0 atom stereocenters. The standard InChI is InChI=1S/C19H17Cl2N3O3/c20-12-5-6-16-14(9-12)19(13-3-1-2-4-15(13)21)23-10-18(26)24(16)7-8-27-11-17(22)25/h1-6,9H,7-8,10-11H2,(H2,22,25). The Morgan fingerprint density at radius 2 is 1.96 bits per heavy atom. The summed E-state index contributed by atoms with van der Waals surface area (Å²) in [6.07, 6.45) is 0. The monoisotopic (exact) mass is 405 g/mol. The highest BCUT2D eigenvalue weighted by atomic mass is 35.5. The van der Waals surface area contributed by atoms with E-state index in [1.165, 1.54) is 0 Å². The third-order valence-corrected chi connectivity index (χ3v) is 4.58. The van der Waals surface area contributed by atoms with Gasteiger partial charge in [-0.2, -0.15) is 0 Å². The predicted molar refractivity (Wildman–Crippen MR) is 106 cm³/mol. The Labute approximate surface area is 166 Å². The first kappa shape index (κ1) is 19.4. The molecule has 0 aliphatic carbocycles. The van der Waals surface area contributed by atoms with E-state index in [0.29, 0.717) is 27.0 Å². The van der Waals surface area contributed by atoms with E-state index < -0.39 is 5.91 Å². The molecule has 0 saturated carbocycles. The van der Waals surface area contributed by atoms with Crippen molar-refractivity contribution in [1.82, 2.24) is 0 Å². The van der Waals surface area contributed by atoms with Crippen molar-refractivity contribution in [1.29, 1.82) is 0 Å². The van der Waals surface area contributed by atoms with Crippen molar-refractivity contribution in [2.75, 3.05) is 31.2 Å². The van der Waals surface area contributed by atoms with E-state index in [9.17, 15) is 9.59 Å². The molecule has 1 heterocycles. The second-order valence-corrected chi connectivity index (χ2v) is 6.71. The van der Waals surface area contributed by atoms with Gasteiger partial charge in [-0.3, -0.25) is 14.6 Å². The SMILES string of the molecule is NC(=O)COCCN1C(=O)CN=C(c2ccccc2Cl)c2cc(Cl)ccc21. The van der Waals surface area contributed by atoms with Crippen LogP contribution in [0, 0.1) is 0 Å². The number of fused-ring (bicyclic) bond motifs is 1. The summed E-state index contributed by atoms with van der Waals surface area (Å²) in [4.78, 5) is 29.5. The van der Waals surface area contributed by atoms with Gasteiger partial charge in [-0.05, 0) is 24.3 Å². The van der Waals surface area contributed by atoms with Crippen LogP contribution < -0.4 is 10.6 Å². The van der Waals surface area contributed by atoms with E-state index in [4.69, 9.17) is 33.7 Å². The summed E-state index contributed by atoms with van der Waals surface area (Å²) in [5, 5.41) is 1.06. The van der Waals surface area contributed by atoms with Crippen molar-refractivity contribution in [2.24, 2.45) is 10.7 Å². The molecule has 2 N–H and O–H groups in total. The molecule has 1 aliphatic heterocycles. The summed E-state index contributed by atoms with van der Waals surface area (Å²) in [6, 6.07) is 12.5. The first-order chi connectivity index (χ1) is 13.0. The van der Waals surface area contributed by atoms with Gasteiger partial charge in [0.05, 0.1) is 18.0 Å². The second kappa shape index (κ2) is 8.52. The van der Waals surface area contributed by atoms with Gasteiger partial charge in [0.1, 0.15) is 13.2 Å². The number of hydrogen-bond acceptors (Lipinski definition) is 4. The van der Waals surface area contributed by atoms with Gasteiger partial charge in [0.25, 0.3) is 0 Å². The fourth-order valence-electron chi connectivity index (χ4n) is 2.84. The Morgan fingerprint density at radius 1 is 1.19 bits per heavy atom. The van der Waals surface area contributed by atoms with Crippen LogP contribution in [0.25, 0.3) is 0 Å². The number of aliphatic imine (C=N–C) groups is 1. The number of carbonyl (C=O) groups is 2. The normalized spacial score (nSPS) is 13.8. The molecule has 0 saturated heterocycles. The number of halogens is 2. The maximum atomic E-state index is 12.7. The van der Waals surface area contributed by atoms with E-state index in [0.717, 1.165) is 5.56 Å². The number of nitrogens with two attached hydrogens (primary N) is 1. The van der Waals surface area contributed by atoms with Crippen molar-refractivity contribution < 1.29 is 14.3 Å². The van der Waals surface area contributed by atoms with E-state index in [1.807, 2.05) is 18.2 Å². The molecule has 0 spiro atoms. The molecular formula is C19H17Cl2N3O3. The van der Waals surface area contributed by atoms with Crippen LogP contribution in [0.1, 0.15) is 11.1 Å². The average Bonchev–Trinajstić information content (AvgIpc) is 2.76. The molecule has 2 amide bonds. The minimum Gasteiger partial charge on any atom is -0.370 e. The molecule has 27 heavy (non-hydrogen) atoms. The van der Waals surface area contributed by atoms with Crippen LogP contribution in [0.2, 0.25) is 10.0 Å². The van der Waals surface area contributed by atoms with Gasteiger partial charge in [0.15, 0.2) is 0 Å². The van der Waals surface area contributed by atoms with E-state index in [-0.39, 0.29) is 32.2 Å².